The smallest absolute Gasteiger partial charge is 0.250 e. The Labute approximate surface area is 200 Å². The molecule has 1 aromatic heterocycles. The highest BCUT2D eigenvalue weighted by molar-refractivity contribution is 7.90. The molecule has 2 heterocycles. The van der Waals surface area contributed by atoms with Gasteiger partial charge in [-0.2, -0.15) is 0 Å². The Hall–Kier alpha value is -3.19. The molecule has 0 bridgehead atoms. The number of benzene rings is 2. The van der Waals surface area contributed by atoms with Gasteiger partial charge < -0.3 is 9.30 Å². The summed E-state index contributed by atoms with van der Waals surface area (Å²) in [6.45, 7) is 5.84. The lowest BCUT2D eigenvalue weighted by molar-refractivity contribution is 0.413. The van der Waals surface area contributed by atoms with Gasteiger partial charge in [0, 0.05) is 36.0 Å². The normalized spacial score (nSPS) is 15.2. The number of nitrogens with zero attached hydrogens (tertiary/aromatic N) is 2. The summed E-state index contributed by atoms with van der Waals surface area (Å²) < 4.78 is 32.3. The minimum atomic E-state index is -3.21. The SMILES string of the molecule is CCCS(=O)(=O)Cc1ccc2c(c1)-c1cn(C)c(=O)cc1[C@H](C)N=C2c1ccc(C)cc1OC. The van der Waals surface area contributed by atoms with Crippen LogP contribution in [-0.2, 0) is 22.6 Å². The van der Waals surface area contributed by atoms with E-state index >= 15 is 0 Å². The number of rotatable bonds is 6. The molecule has 0 amide bonds. The van der Waals surface area contributed by atoms with Crippen LogP contribution < -0.4 is 10.3 Å². The maximum Gasteiger partial charge on any atom is 0.250 e. The van der Waals surface area contributed by atoms with Gasteiger partial charge in [-0.1, -0.05) is 25.1 Å². The highest BCUT2D eigenvalue weighted by Gasteiger charge is 2.26. The van der Waals surface area contributed by atoms with E-state index in [9.17, 15) is 13.2 Å². The summed E-state index contributed by atoms with van der Waals surface area (Å²) in [6, 6.07) is 13.1. The zero-order valence-electron chi connectivity index (χ0n) is 20.3. The van der Waals surface area contributed by atoms with Crippen LogP contribution in [0.1, 0.15) is 54.1 Å². The molecule has 0 spiro atoms. The van der Waals surface area contributed by atoms with Crippen molar-refractivity contribution in [2.45, 2.75) is 39.0 Å². The number of sulfone groups is 1. The quantitative estimate of drug-likeness (QED) is 0.519. The van der Waals surface area contributed by atoms with Crippen LogP contribution in [0.25, 0.3) is 11.1 Å². The Balaban J connectivity index is 2.00. The molecule has 7 heteroatoms. The van der Waals surface area contributed by atoms with E-state index < -0.39 is 9.84 Å². The number of hydrogen-bond donors (Lipinski definition) is 0. The summed E-state index contributed by atoms with van der Waals surface area (Å²) in [7, 11) is 0.149. The fraction of sp³-hybridized carbons (Fsp3) is 0.333. The minimum Gasteiger partial charge on any atom is -0.496 e. The first-order valence-electron chi connectivity index (χ1n) is 11.4. The number of aromatic nitrogens is 1. The molecule has 3 aromatic rings. The molecular formula is C27H30N2O4S. The molecule has 178 valence electrons. The average Bonchev–Trinajstić information content (AvgIpc) is 2.88. The van der Waals surface area contributed by atoms with Crippen LogP contribution in [0, 0.1) is 6.92 Å². The first-order chi connectivity index (χ1) is 16.1. The molecular weight excluding hydrogens is 448 g/mol. The third-order valence-electron chi connectivity index (χ3n) is 6.18. The summed E-state index contributed by atoms with van der Waals surface area (Å²) in [5.74, 6) is 0.845. The zero-order chi connectivity index (χ0) is 24.6. The van der Waals surface area contributed by atoms with E-state index in [1.54, 1.807) is 24.8 Å². The fourth-order valence-electron chi connectivity index (χ4n) is 4.50. The van der Waals surface area contributed by atoms with Crippen LogP contribution in [0.15, 0.2) is 58.4 Å². The van der Waals surface area contributed by atoms with Crippen molar-refractivity contribution in [2.24, 2.45) is 12.0 Å². The number of aryl methyl sites for hydroxylation is 2. The largest absolute Gasteiger partial charge is 0.496 e. The van der Waals surface area contributed by atoms with Gasteiger partial charge in [0.1, 0.15) is 5.75 Å². The fourth-order valence-corrected chi connectivity index (χ4v) is 5.96. The van der Waals surface area contributed by atoms with Crippen LogP contribution in [-0.4, -0.2) is 31.6 Å². The summed E-state index contributed by atoms with van der Waals surface area (Å²) in [4.78, 5) is 17.5. The van der Waals surface area contributed by atoms with E-state index in [0.29, 0.717) is 12.2 Å². The van der Waals surface area contributed by atoms with Gasteiger partial charge in [-0.25, -0.2) is 8.42 Å². The molecule has 0 saturated carbocycles. The maximum absolute atomic E-state index is 12.5. The summed E-state index contributed by atoms with van der Waals surface area (Å²) >= 11 is 0. The number of methoxy groups -OCH3 is 1. The van der Waals surface area contributed by atoms with E-state index in [0.717, 1.165) is 44.7 Å². The van der Waals surface area contributed by atoms with E-state index in [1.165, 1.54) is 0 Å². The van der Waals surface area contributed by atoms with Crippen LogP contribution in [0.2, 0.25) is 0 Å². The van der Waals surface area contributed by atoms with E-state index in [1.807, 2.05) is 63.4 Å². The Morgan fingerprint density at radius 3 is 2.47 bits per heavy atom. The maximum atomic E-state index is 12.5. The van der Waals surface area contributed by atoms with Crippen molar-refractivity contribution in [1.29, 1.82) is 0 Å². The molecule has 6 nitrogen and oxygen atoms in total. The van der Waals surface area contributed by atoms with Gasteiger partial charge in [0.2, 0.25) is 0 Å². The zero-order valence-corrected chi connectivity index (χ0v) is 21.1. The molecule has 1 aliphatic heterocycles. The second kappa shape index (κ2) is 9.22. The van der Waals surface area contributed by atoms with Gasteiger partial charge in [0.15, 0.2) is 9.84 Å². The Morgan fingerprint density at radius 2 is 1.76 bits per heavy atom. The molecule has 1 atom stereocenters. The highest BCUT2D eigenvalue weighted by Crippen LogP contribution is 2.39. The van der Waals surface area contributed by atoms with Crippen molar-refractivity contribution in [2.75, 3.05) is 12.9 Å². The van der Waals surface area contributed by atoms with Gasteiger partial charge in [-0.05, 0) is 60.7 Å². The predicted octanol–water partition coefficient (Wildman–Crippen LogP) is 4.61. The van der Waals surface area contributed by atoms with Crippen LogP contribution >= 0.6 is 0 Å². The van der Waals surface area contributed by atoms with Crippen molar-refractivity contribution < 1.29 is 13.2 Å². The Bertz CT molecular complexity index is 1450. The van der Waals surface area contributed by atoms with Gasteiger partial charge in [-0.3, -0.25) is 9.79 Å². The number of aliphatic imine (C=N–C) groups is 1. The lowest BCUT2D eigenvalue weighted by Gasteiger charge is -2.16. The van der Waals surface area contributed by atoms with Gasteiger partial charge in [0.05, 0.1) is 30.4 Å². The van der Waals surface area contributed by atoms with Crippen molar-refractivity contribution >= 4 is 15.5 Å². The first kappa shape index (κ1) is 24.0. The van der Waals surface area contributed by atoms with Crippen LogP contribution in [0.4, 0.5) is 0 Å². The summed E-state index contributed by atoms with van der Waals surface area (Å²) in [6.07, 6.45) is 2.40. The standard InChI is InChI=1S/C27H30N2O4S/c1-6-11-34(31,32)16-19-8-10-20-23(13-19)24-15-29(4)26(30)14-22(24)18(3)28-27(20)21-9-7-17(2)12-25(21)33-5/h7-10,12-15,18H,6,11,16H2,1-5H3/t18-/m0/s1. The van der Waals surface area contributed by atoms with Crippen LogP contribution in [0.5, 0.6) is 5.75 Å². The monoisotopic (exact) mass is 478 g/mol. The van der Waals surface area contributed by atoms with E-state index in [2.05, 4.69) is 0 Å². The van der Waals surface area contributed by atoms with Crippen molar-refractivity contribution in [3.63, 3.8) is 0 Å². The molecule has 0 saturated heterocycles. The third-order valence-corrected chi connectivity index (χ3v) is 7.98. The van der Waals surface area contributed by atoms with Gasteiger partial charge in [-0.15, -0.1) is 0 Å². The molecule has 0 N–H and O–H groups in total. The van der Waals surface area contributed by atoms with Gasteiger partial charge >= 0.3 is 0 Å². The van der Waals surface area contributed by atoms with Crippen molar-refractivity contribution in [3.8, 4) is 16.9 Å². The lowest BCUT2D eigenvalue weighted by Crippen LogP contribution is -2.17. The molecule has 0 aliphatic carbocycles. The Morgan fingerprint density at radius 1 is 1.03 bits per heavy atom. The number of fused-ring (bicyclic) bond motifs is 3. The van der Waals surface area contributed by atoms with Crippen molar-refractivity contribution in [3.05, 3.63) is 86.8 Å². The lowest BCUT2D eigenvalue weighted by atomic mass is 9.90. The number of ether oxygens (including phenoxy) is 1. The topological polar surface area (TPSA) is 77.7 Å². The predicted molar refractivity (Wildman–Crippen MR) is 137 cm³/mol. The molecule has 0 radical (unpaired) electrons. The molecule has 34 heavy (non-hydrogen) atoms. The molecule has 0 unspecified atom stereocenters. The highest BCUT2D eigenvalue weighted by atomic mass is 32.2. The van der Waals surface area contributed by atoms with Gasteiger partial charge in [0.25, 0.3) is 5.56 Å². The molecule has 4 rings (SSSR count). The minimum absolute atomic E-state index is 0.0227. The second-order valence-electron chi connectivity index (χ2n) is 8.92. The molecule has 1 aliphatic rings. The summed E-state index contributed by atoms with van der Waals surface area (Å²) in [5.41, 5.74) is 6.73. The summed E-state index contributed by atoms with van der Waals surface area (Å²) in [5, 5.41) is 0. The third kappa shape index (κ3) is 4.57. The first-order valence-corrected chi connectivity index (χ1v) is 13.2. The van der Waals surface area contributed by atoms with Crippen LogP contribution in [0.3, 0.4) is 0 Å². The average molecular weight is 479 g/mol. The molecule has 0 fully saturated rings. The second-order valence-corrected chi connectivity index (χ2v) is 11.1. The van der Waals surface area contributed by atoms with E-state index in [-0.39, 0.29) is 23.1 Å². The number of hydrogen-bond acceptors (Lipinski definition) is 5. The Kier molecular flexibility index (Phi) is 6.49. The van der Waals surface area contributed by atoms with E-state index in [4.69, 9.17) is 9.73 Å². The molecule has 2 aromatic carbocycles. The van der Waals surface area contributed by atoms with Crippen molar-refractivity contribution in [1.82, 2.24) is 4.57 Å². The number of pyridine rings is 1.